The zero-order valence-electron chi connectivity index (χ0n) is 16.3. The number of likely N-dealkylation sites (tertiary alicyclic amines) is 1. The van der Waals surface area contributed by atoms with E-state index in [1.807, 2.05) is 47.4 Å². The SMILES string of the molecule is O=C(Cc1ccccn1)N1CCC[C@@H](c2cccc(Cc3cccc(F)c3)n2)C1. The summed E-state index contributed by atoms with van der Waals surface area (Å²) in [4.78, 5) is 23.7. The third kappa shape index (κ3) is 5.05. The first-order valence-corrected chi connectivity index (χ1v) is 10.1. The van der Waals surface area contributed by atoms with E-state index in [-0.39, 0.29) is 17.6 Å². The standard InChI is InChI=1S/C24H24FN3O/c25-20-8-3-6-18(14-20)15-22-10-4-11-23(27-22)19-7-5-13-28(17-19)24(29)16-21-9-1-2-12-26-21/h1-4,6,8-12,14,19H,5,7,13,15-17H2/t19-/m1/s1. The summed E-state index contributed by atoms with van der Waals surface area (Å²) in [5.41, 5.74) is 3.64. The maximum Gasteiger partial charge on any atom is 0.228 e. The molecule has 1 aliphatic heterocycles. The summed E-state index contributed by atoms with van der Waals surface area (Å²) in [7, 11) is 0. The number of piperidine rings is 1. The van der Waals surface area contributed by atoms with Crippen molar-refractivity contribution < 1.29 is 9.18 Å². The van der Waals surface area contributed by atoms with E-state index in [4.69, 9.17) is 4.98 Å². The first-order chi connectivity index (χ1) is 14.2. The normalized spacial score (nSPS) is 16.6. The van der Waals surface area contributed by atoms with Gasteiger partial charge in [-0.15, -0.1) is 0 Å². The van der Waals surface area contributed by atoms with Crippen LogP contribution in [0.5, 0.6) is 0 Å². The number of amides is 1. The number of halogens is 1. The van der Waals surface area contributed by atoms with Crippen LogP contribution in [0.3, 0.4) is 0 Å². The van der Waals surface area contributed by atoms with Crippen molar-refractivity contribution in [2.24, 2.45) is 0 Å². The van der Waals surface area contributed by atoms with Gasteiger partial charge in [-0.1, -0.05) is 24.3 Å². The summed E-state index contributed by atoms with van der Waals surface area (Å²) in [6.07, 6.45) is 4.63. The largest absolute Gasteiger partial charge is 0.342 e. The van der Waals surface area contributed by atoms with E-state index in [9.17, 15) is 9.18 Å². The molecule has 4 nitrogen and oxygen atoms in total. The molecule has 1 atom stereocenters. The average molecular weight is 389 g/mol. The molecule has 3 aromatic rings. The quantitative estimate of drug-likeness (QED) is 0.658. The highest BCUT2D eigenvalue weighted by molar-refractivity contribution is 5.78. The number of hydrogen-bond donors (Lipinski definition) is 0. The van der Waals surface area contributed by atoms with Gasteiger partial charge in [0.15, 0.2) is 0 Å². The van der Waals surface area contributed by atoms with E-state index in [0.29, 0.717) is 19.4 Å². The third-order valence-corrected chi connectivity index (χ3v) is 5.35. The van der Waals surface area contributed by atoms with Gasteiger partial charge in [0.05, 0.1) is 6.42 Å². The molecule has 0 spiro atoms. The molecule has 1 saturated heterocycles. The maximum atomic E-state index is 13.5. The Kier molecular flexibility index (Phi) is 5.94. The van der Waals surface area contributed by atoms with E-state index in [1.54, 1.807) is 18.3 Å². The van der Waals surface area contributed by atoms with E-state index in [2.05, 4.69) is 4.98 Å². The lowest BCUT2D eigenvalue weighted by atomic mass is 9.93. The molecule has 0 bridgehead atoms. The van der Waals surface area contributed by atoms with Crippen LogP contribution in [0, 0.1) is 5.82 Å². The van der Waals surface area contributed by atoms with Crippen molar-refractivity contribution in [3.8, 4) is 0 Å². The Hall–Kier alpha value is -3.08. The highest BCUT2D eigenvalue weighted by Crippen LogP contribution is 2.26. The second kappa shape index (κ2) is 8.95. The van der Waals surface area contributed by atoms with E-state index >= 15 is 0 Å². The van der Waals surface area contributed by atoms with Crippen molar-refractivity contribution in [3.63, 3.8) is 0 Å². The highest BCUT2D eigenvalue weighted by Gasteiger charge is 2.26. The number of pyridine rings is 2. The minimum Gasteiger partial charge on any atom is -0.342 e. The Balaban J connectivity index is 1.43. The van der Waals surface area contributed by atoms with E-state index in [1.165, 1.54) is 6.07 Å². The third-order valence-electron chi connectivity index (χ3n) is 5.35. The molecule has 5 heteroatoms. The summed E-state index contributed by atoms with van der Waals surface area (Å²) < 4.78 is 13.5. The van der Waals surface area contributed by atoms with Crippen LogP contribution in [0.1, 0.15) is 41.4 Å². The van der Waals surface area contributed by atoms with Crippen LogP contribution in [0.25, 0.3) is 0 Å². The lowest BCUT2D eigenvalue weighted by Crippen LogP contribution is -2.40. The Morgan fingerprint density at radius 1 is 1.07 bits per heavy atom. The Labute approximate surface area is 170 Å². The first-order valence-electron chi connectivity index (χ1n) is 10.1. The van der Waals surface area contributed by atoms with Crippen molar-refractivity contribution in [3.05, 3.63) is 95.3 Å². The van der Waals surface area contributed by atoms with Gasteiger partial charge in [0, 0.05) is 48.7 Å². The van der Waals surface area contributed by atoms with Gasteiger partial charge in [-0.2, -0.15) is 0 Å². The Morgan fingerprint density at radius 3 is 2.76 bits per heavy atom. The lowest BCUT2D eigenvalue weighted by Gasteiger charge is -2.32. The Bertz CT molecular complexity index is 977. The molecule has 29 heavy (non-hydrogen) atoms. The lowest BCUT2D eigenvalue weighted by molar-refractivity contribution is -0.131. The number of carbonyl (C=O) groups excluding carboxylic acids is 1. The number of benzene rings is 1. The molecule has 1 fully saturated rings. The van der Waals surface area contributed by atoms with Gasteiger partial charge >= 0.3 is 0 Å². The maximum absolute atomic E-state index is 13.5. The molecule has 1 aliphatic rings. The fraction of sp³-hybridized carbons (Fsp3) is 0.292. The Morgan fingerprint density at radius 2 is 1.93 bits per heavy atom. The predicted molar refractivity (Wildman–Crippen MR) is 110 cm³/mol. The van der Waals surface area contributed by atoms with Crippen molar-refractivity contribution >= 4 is 5.91 Å². The van der Waals surface area contributed by atoms with Crippen molar-refractivity contribution in [2.45, 2.75) is 31.6 Å². The molecule has 148 valence electrons. The van der Waals surface area contributed by atoms with Gasteiger partial charge in [0.2, 0.25) is 5.91 Å². The van der Waals surface area contributed by atoms with Gasteiger partial charge in [-0.05, 0) is 54.8 Å². The molecule has 0 aliphatic carbocycles. The van der Waals surface area contributed by atoms with Gasteiger partial charge in [-0.25, -0.2) is 4.39 Å². The summed E-state index contributed by atoms with van der Waals surface area (Å²) >= 11 is 0. The van der Waals surface area contributed by atoms with Crippen molar-refractivity contribution in [1.29, 1.82) is 0 Å². The second-order valence-electron chi connectivity index (χ2n) is 7.54. The fourth-order valence-electron chi connectivity index (χ4n) is 3.89. The monoisotopic (exact) mass is 389 g/mol. The molecule has 0 saturated carbocycles. The predicted octanol–water partition coefficient (Wildman–Crippen LogP) is 4.16. The van der Waals surface area contributed by atoms with Crippen LogP contribution >= 0.6 is 0 Å². The fourth-order valence-corrected chi connectivity index (χ4v) is 3.89. The van der Waals surface area contributed by atoms with Gasteiger partial charge in [0.1, 0.15) is 5.82 Å². The molecule has 2 aromatic heterocycles. The average Bonchev–Trinajstić information content (AvgIpc) is 2.75. The molecule has 4 rings (SSSR count). The van der Waals surface area contributed by atoms with Gasteiger partial charge < -0.3 is 4.90 Å². The highest BCUT2D eigenvalue weighted by atomic mass is 19.1. The molecule has 0 N–H and O–H groups in total. The first kappa shape index (κ1) is 19.2. The number of rotatable bonds is 5. The zero-order chi connectivity index (χ0) is 20.1. The molecule has 1 aromatic carbocycles. The van der Waals surface area contributed by atoms with Crippen LogP contribution in [0.4, 0.5) is 4.39 Å². The van der Waals surface area contributed by atoms with Gasteiger partial charge in [-0.3, -0.25) is 14.8 Å². The van der Waals surface area contributed by atoms with Gasteiger partial charge in [0.25, 0.3) is 0 Å². The van der Waals surface area contributed by atoms with Crippen LogP contribution in [0.2, 0.25) is 0 Å². The number of carbonyl (C=O) groups is 1. The van der Waals surface area contributed by atoms with Crippen LogP contribution < -0.4 is 0 Å². The van der Waals surface area contributed by atoms with Crippen molar-refractivity contribution in [1.82, 2.24) is 14.9 Å². The minimum absolute atomic E-state index is 0.115. The summed E-state index contributed by atoms with van der Waals surface area (Å²) in [6.45, 7) is 1.47. The minimum atomic E-state index is -0.229. The van der Waals surface area contributed by atoms with Crippen LogP contribution in [0.15, 0.2) is 66.9 Å². The summed E-state index contributed by atoms with van der Waals surface area (Å²) in [6, 6.07) is 18.3. The number of aromatic nitrogens is 2. The second-order valence-corrected chi connectivity index (χ2v) is 7.54. The summed E-state index contributed by atoms with van der Waals surface area (Å²) in [5.74, 6) is 0.112. The molecule has 0 unspecified atom stereocenters. The molecular formula is C24H24FN3O. The van der Waals surface area contributed by atoms with E-state index in [0.717, 1.165) is 42.0 Å². The molecule has 0 radical (unpaired) electrons. The van der Waals surface area contributed by atoms with Crippen LogP contribution in [-0.4, -0.2) is 33.9 Å². The molecule has 1 amide bonds. The summed E-state index contributed by atoms with van der Waals surface area (Å²) in [5, 5.41) is 0. The topological polar surface area (TPSA) is 46.1 Å². The number of hydrogen-bond acceptors (Lipinski definition) is 3. The smallest absolute Gasteiger partial charge is 0.228 e. The molecule has 3 heterocycles. The van der Waals surface area contributed by atoms with Crippen molar-refractivity contribution in [2.75, 3.05) is 13.1 Å². The van der Waals surface area contributed by atoms with E-state index < -0.39 is 0 Å². The molecular weight excluding hydrogens is 365 g/mol. The zero-order valence-corrected chi connectivity index (χ0v) is 16.3. The van der Waals surface area contributed by atoms with Crippen LogP contribution in [-0.2, 0) is 17.6 Å². The number of nitrogens with zero attached hydrogens (tertiary/aromatic N) is 3.